The first-order chi connectivity index (χ1) is 11.6. The van der Waals surface area contributed by atoms with Crippen LogP contribution >= 0.6 is 34.2 Å². The molecule has 0 radical (unpaired) electrons. The lowest BCUT2D eigenvalue weighted by Crippen LogP contribution is -2.60. The Bertz CT molecular complexity index is 793. The van der Waals surface area contributed by atoms with Crippen LogP contribution in [0.1, 0.15) is 40.5 Å². The summed E-state index contributed by atoms with van der Waals surface area (Å²) in [6.45, 7) is 8.94. The normalized spacial score (nSPS) is 19.8. The molecule has 25 heavy (non-hydrogen) atoms. The summed E-state index contributed by atoms with van der Waals surface area (Å²) in [4.78, 5) is 8.83. The summed E-state index contributed by atoms with van der Waals surface area (Å²) in [7, 11) is 1.67. The van der Waals surface area contributed by atoms with E-state index in [1.54, 1.807) is 7.11 Å². The third-order valence-corrected chi connectivity index (χ3v) is 5.49. The minimum absolute atomic E-state index is 0.0547. The van der Waals surface area contributed by atoms with Crippen LogP contribution in [0.25, 0.3) is 10.9 Å². The summed E-state index contributed by atoms with van der Waals surface area (Å²) >= 11 is 8.41. The molecule has 5 nitrogen and oxygen atoms in total. The number of ether oxygens (including phenoxy) is 1. The molecule has 1 aromatic heterocycles. The van der Waals surface area contributed by atoms with Gasteiger partial charge in [-0.15, -0.1) is 0 Å². The fourth-order valence-corrected chi connectivity index (χ4v) is 4.83. The van der Waals surface area contributed by atoms with E-state index in [1.807, 2.05) is 12.1 Å². The van der Waals surface area contributed by atoms with E-state index in [4.69, 9.17) is 16.3 Å². The van der Waals surface area contributed by atoms with E-state index in [1.165, 1.54) is 0 Å². The first-order valence-corrected chi connectivity index (χ1v) is 9.81. The van der Waals surface area contributed by atoms with E-state index in [0.29, 0.717) is 6.04 Å². The van der Waals surface area contributed by atoms with Crippen molar-refractivity contribution < 1.29 is 4.74 Å². The van der Waals surface area contributed by atoms with Crippen LogP contribution in [0.2, 0.25) is 5.28 Å². The highest BCUT2D eigenvalue weighted by Gasteiger charge is 2.37. The lowest BCUT2D eigenvalue weighted by atomic mass is 9.79. The summed E-state index contributed by atoms with van der Waals surface area (Å²) in [5.74, 6) is 1.58. The first-order valence-electron chi connectivity index (χ1n) is 8.35. The van der Waals surface area contributed by atoms with Gasteiger partial charge in [0.25, 0.3) is 0 Å². The Hall–Kier alpha value is -0.860. The molecular formula is C18H24ClIN4O. The standard InChI is InChI=1S/C18H24ClIN4O/c1-17(2)8-10(9-18(3,4)24-17)21-15-11-6-14(25-5)12(20)7-13(11)22-16(19)23-15/h6-7,10,24H,8-9H2,1-5H3,(H,21,22,23). The highest BCUT2D eigenvalue weighted by molar-refractivity contribution is 14.1. The van der Waals surface area contributed by atoms with Gasteiger partial charge in [0.15, 0.2) is 0 Å². The summed E-state index contributed by atoms with van der Waals surface area (Å²) in [5.41, 5.74) is 0.929. The van der Waals surface area contributed by atoms with Gasteiger partial charge in [0.2, 0.25) is 5.28 Å². The maximum Gasteiger partial charge on any atom is 0.224 e. The van der Waals surface area contributed by atoms with Crippen molar-refractivity contribution in [1.82, 2.24) is 15.3 Å². The summed E-state index contributed by atoms with van der Waals surface area (Å²) in [6.07, 6.45) is 2.00. The minimum atomic E-state index is 0.0547. The number of piperidine rings is 1. The van der Waals surface area contributed by atoms with Crippen molar-refractivity contribution in [3.8, 4) is 5.75 Å². The molecule has 1 aliphatic heterocycles. The average Bonchev–Trinajstić information content (AvgIpc) is 2.42. The lowest BCUT2D eigenvalue weighted by molar-refractivity contribution is 0.170. The van der Waals surface area contributed by atoms with Gasteiger partial charge in [-0.25, -0.2) is 9.97 Å². The van der Waals surface area contributed by atoms with Gasteiger partial charge in [-0.05, 0) is 86.9 Å². The molecule has 136 valence electrons. The maximum absolute atomic E-state index is 6.17. The van der Waals surface area contributed by atoms with Gasteiger partial charge in [-0.1, -0.05) is 0 Å². The largest absolute Gasteiger partial charge is 0.496 e. The van der Waals surface area contributed by atoms with Gasteiger partial charge in [0, 0.05) is 22.5 Å². The van der Waals surface area contributed by atoms with E-state index in [2.05, 4.69) is 70.9 Å². The van der Waals surface area contributed by atoms with E-state index in [-0.39, 0.29) is 16.4 Å². The third-order valence-electron chi connectivity index (χ3n) is 4.47. The van der Waals surface area contributed by atoms with Crippen LogP contribution in [-0.4, -0.2) is 34.2 Å². The summed E-state index contributed by atoms with van der Waals surface area (Å²) < 4.78 is 6.46. The second-order valence-corrected chi connectivity index (χ2v) is 9.49. The number of rotatable bonds is 3. The molecule has 1 fully saturated rings. The number of nitrogens with zero attached hydrogens (tertiary/aromatic N) is 2. The Morgan fingerprint density at radius 1 is 1.20 bits per heavy atom. The van der Waals surface area contributed by atoms with E-state index in [0.717, 1.165) is 38.9 Å². The van der Waals surface area contributed by atoms with Gasteiger partial charge < -0.3 is 15.4 Å². The maximum atomic E-state index is 6.17. The number of anilines is 1. The molecule has 0 amide bonds. The minimum Gasteiger partial charge on any atom is -0.496 e. The molecule has 0 aliphatic carbocycles. The van der Waals surface area contributed by atoms with Crippen LogP contribution in [0.3, 0.4) is 0 Å². The Balaban J connectivity index is 2.00. The quantitative estimate of drug-likeness (QED) is 0.502. The second-order valence-electron chi connectivity index (χ2n) is 7.99. The Kier molecular flexibility index (Phi) is 5.07. The second kappa shape index (κ2) is 6.70. The number of benzene rings is 1. The number of aromatic nitrogens is 2. The highest BCUT2D eigenvalue weighted by Crippen LogP contribution is 2.34. The molecule has 1 aliphatic rings. The van der Waals surface area contributed by atoms with Gasteiger partial charge in [0.1, 0.15) is 11.6 Å². The van der Waals surface area contributed by atoms with Crippen LogP contribution in [0.5, 0.6) is 5.75 Å². The Morgan fingerprint density at radius 2 is 1.84 bits per heavy atom. The molecular weight excluding hydrogens is 451 g/mol. The fraction of sp³-hybridized carbons (Fsp3) is 0.556. The van der Waals surface area contributed by atoms with Gasteiger partial charge in [0.05, 0.1) is 16.2 Å². The van der Waals surface area contributed by atoms with Gasteiger partial charge in [-0.2, -0.15) is 0 Å². The molecule has 2 heterocycles. The molecule has 2 N–H and O–H groups in total. The molecule has 7 heteroatoms. The molecule has 1 aromatic carbocycles. The van der Waals surface area contributed by atoms with Gasteiger partial charge in [-0.3, -0.25) is 0 Å². The number of fused-ring (bicyclic) bond motifs is 1. The van der Waals surface area contributed by atoms with Crippen LogP contribution < -0.4 is 15.4 Å². The van der Waals surface area contributed by atoms with Gasteiger partial charge >= 0.3 is 0 Å². The van der Waals surface area contributed by atoms with Crippen molar-refractivity contribution >= 4 is 50.9 Å². The van der Waals surface area contributed by atoms with E-state index >= 15 is 0 Å². The molecule has 0 unspecified atom stereocenters. The first kappa shape index (κ1) is 18.9. The zero-order chi connectivity index (χ0) is 18.4. The summed E-state index contributed by atoms with van der Waals surface area (Å²) in [5, 5.41) is 8.50. The molecule has 2 aromatic rings. The highest BCUT2D eigenvalue weighted by atomic mass is 127. The number of methoxy groups -OCH3 is 1. The average molecular weight is 475 g/mol. The van der Waals surface area contributed by atoms with Crippen molar-refractivity contribution in [2.75, 3.05) is 12.4 Å². The van der Waals surface area contributed by atoms with E-state index < -0.39 is 0 Å². The Morgan fingerprint density at radius 3 is 2.44 bits per heavy atom. The molecule has 0 atom stereocenters. The van der Waals surface area contributed by atoms with Crippen molar-refractivity contribution in [2.24, 2.45) is 0 Å². The van der Waals surface area contributed by atoms with Crippen molar-refractivity contribution in [3.63, 3.8) is 0 Å². The predicted octanol–water partition coefficient (Wildman–Crippen LogP) is 4.62. The Labute approximate surface area is 167 Å². The number of hydrogen-bond donors (Lipinski definition) is 2. The third kappa shape index (κ3) is 4.28. The lowest BCUT2D eigenvalue weighted by Gasteiger charge is -2.46. The molecule has 0 spiro atoms. The van der Waals surface area contributed by atoms with E-state index in [9.17, 15) is 0 Å². The van der Waals surface area contributed by atoms with Crippen LogP contribution in [-0.2, 0) is 0 Å². The van der Waals surface area contributed by atoms with Crippen LogP contribution in [0.4, 0.5) is 5.82 Å². The zero-order valence-electron chi connectivity index (χ0n) is 15.2. The SMILES string of the molecule is COc1cc2c(NC3CC(C)(C)NC(C)(C)C3)nc(Cl)nc2cc1I. The summed E-state index contributed by atoms with van der Waals surface area (Å²) in [6, 6.07) is 4.25. The number of nitrogens with one attached hydrogen (secondary N) is 2. The van der Waals surface area contributed by atoms with Crippen LogP contribution in [0.15, 0.2) is 12.1 Å². The van der Waals surface area contributed by atoms with Crippen LogP contribution in [0, 0.1) is 3.57 Å². The van der Waals surface area contributed by atoms with Crippen molar-refractivity contribution in [2.45, 2.75) is 57.7 Å². The number of halogens is 2. The number of hydrogen-bond acceptors (Lipinski definition) is 5. The molecule has 0 saturated carbocycles. The predicted molar refractivity (Wildman–Crippen MR) is 112 cm³/mol. The molecule has 3 rings (SSSR count). The smallest absolute Gasteiger partial charge is 0.224 e. The van der Waals surface area contributed by atoms with Crippen molar-refractivity contribution in [1.29, 1.82) is 0 Å². The van der Waals surface area contributed by atoms with Crippen molar-refractivity contribution in [3.05, 3.63) is 21.0 Å². The molecule has 1 saturated heterocycles. The topological polar surface area (TPSA) is 59.1 Å². The zero-order valence-corrected chi connectivity index (χ0v) is 18.1. The fourth-order valence-electron chi connectivity index (χ4n) is 3.99. The molecule has 0 bridgehead atoms. The monoisotopic (exact) mass is 474 g/mol.